The van der Waals surface area contributed by atoms with Crippen LogP contribution in [0.25, 0.3) is 0 Å². The van der Waals surface area contributed by atoms with Gasteiger partial charge in [0.25, 0.3) is 0 Å². The van der Waals surface area contributed by atoms with E-state index >= 15 is 0 Å². The van der Waals surface area contributed by atoms with Crippen LogP contribution in [0.5, 0.6) is 23.0 Å². The van der Waals surface area contributed by atoms with Gasteiger partial charge in [-0.15, -0.1) is 0 Å². The van der Waals surface area contributed by atoms with Crippen molar-refractivity contribution < 1.29 is 34.1 Å². The molecule has 0 bridgehead atoms. The van der Waals surface area contributed by atoms with Crippen LogP contribution >= 0.6 is 0 Å². The number of phenols is 2. The van der Waals surface area contributed by atoms with Gasteiger partial charge in [-0.05, 0) is 103 Å². The van der Waals surface area contributed by atoms with Crippen LogP contribution in [0.15, 0.2) is 35.9 Å². The highest BCUT2D eigenvalue weighted by Gasteiger charge is 2.66. The van der Waals surface area contributed by atoms with E-state index in [4.69, 9.17) is 9.47 Å². The number of hydrogen-bond acceptors (Lipinski definition) is 7. The lowest BCUT2D eigenvalue weighted by atomic mass is 9.35. The second-order valence-electron chi connectivity index (χ2n) is 14.5. The van der Waals surface area contributed by atoms with Crippen LogP contribution in [0.4, 0.5) is 0 Å². The highest BCUT2D eigenvalue weighted by Crippen LogP contribution is 2.73. The molecular formula is C36H42O7. The van der Waals surface area contributed by atoms with Crippen LogP contribution < -0.4 is 9.47 Å². The highest BCUT2D eigenvalue weighted by atomic mass is 16.5. The molecule has 228 valence electrons. The smallest absolute Gasteiger partial charge is 0.343 e. The molecule has 0 spiro atoms. The molecule has 3 saturated carbocycles. The summed E-state index contributed by atoms with van der Waals surface area (Å²) in [6.45, 7) is 13.0. The normalized spacial score (nSPS) is 34.7. The standard InChI is InChI=1S/C36H42O7/c1-19-14-28-33(3,18-26(19)40)10-12-36(6)29-17-24(38)30-20(2)31(43-32(41)21-8-9-23(37)27(15-21)42-7)25(39)16-22(30)34(29,4)11-13-35(28,36)5/h8-9,15-17,19,28,37,39H,10-14,18H2,1-7H3. The third kappa shape index (κ3) is 3.95. The molecule has 0 amide bonds. The van der Waals surface area contributed by atoms with E-state index in [0.717, 1.165) is 43.2 Å². The molecular weight excluding hydrogens is 544 g/mol. The first kappa shape index (κ1) is 29.5. The number of methoxy groups -OCH3 is 1. The Balaban J connectivity index is 1.40. The molecule has 0 aliphatic heterocycles. The first-order valence-electron chi connectivity index (χ1n) is 15.4. The number of Topliss-reactive ketones (excluding diaryl/α,β-unsaturated/α-hetero) is 1. The fraction of sp³-hybridized carbons (Fsp3) is 0.528. The maximum atomic E-state index is 14.0. The Hall–Kier alpha value is -3.61. The molecule has 0 heterocycles. The first-order chi connectivity index (χ1) is 20.1. The number of rotatable bonds is 3. The third-order valence-electron chi connectivity index (χ3n) is 12.3. The largest absolute Gasteiger partial charge is 0.504 e. The maximum Gasteiger partial charge on any atom is 0.343 e. The average Bonchev–Trinajstić information content (AvgIpc) is 2.95. The second-order valence-corrected chi connectivity index (χ2v) is 14.5. The Kier molecular flexibility index (Phi) is 6.47. The molecule has 6 unspecified atom stereocenters. The zero-order valence-electron chi connectivity index (χ0n) is 26.2. The summed E-state index contributed by atoms with van der Waals surface area (Å²) in [4.78, 5) is 39.9. The number of allylic oxidation sites excluding steroid dienone is 2. The molecule has 0 saturated heterocycles. The number of ether oxygens (including phenoxy) is 2. The molecule has 0 radical (unpaired) electrons. The van der Waals surface area contributed by atoms with Gasteiger partial charge in [0.2, 0.25) is 0 Å². The van der Waals surface area contributed by atoms with E-state index in [1.165, 1.54) is 25.3 Å². The van der Waals surface area contributed by atoms with Gasteiger partial charge < -0.3 is 19.7 Å². The minimum absolute atomic E-state index is 0.0299. The zero-order valence-corrected chi connectivity index (χ0v) is 26.2. The van der Waals surface area contributed by atoms with Gasteiger partial charge in [0.1, 0.15) is 5.78 Å². The number of aromatic hydroxyl groups is 2. The molecule has 2 aromatic rings. The number of phenolic OH excluding ortho intramolecular Hbond substituents is 2. The fourth-order valence-corrected chi connectivity index (χ4v) is 9.53. The quantitative estimate of drug-likeness (QED) is 0.288. The Bertz CT molecular complexity index is 1620. The van der Waals surface area contributed by atoms with Crippen molar-refractivity contribution in [1.82, 2.24) is 0 Å². The van der Waals surface area contributed by atoms with Crippen LogP contribution in [-0.4, -0.2) is 34.9 Å². The van der Waals surface area contributed by atoms with Crippen LogP contribution in [-0.2, 0) is 10.2 Å². The number of carbonyl (C=O) groups is 3. The van der Waals surface area contributed by atoms with Crippen LogP contribution in [0, 0.1) is 35.0 Å². The van der Waals surface area contributed by atoms with Gasteiger partial charge in [0.15, 0.2) is 28.8 Å². The monoisotopic (exact) mass is 586 g/mol. The summed E-state index contributed by atoms with van der Waals surface area (Å²) in [6.07, 6.45) is 6.96. The number of benzene rings is 2. The number of ketones is 2. The van der Waals surface area contributed by atoms with Gasteiger partial charge in [-0.25, -0.2) is 4.79 Å². The second kappa shape index (κ2) is 9.44. The lowest BCUT2D eigenvalue weighted by molar-refractivity contribution is -0.160. The van der Waals surface area contributed by atoms with E-state index in [1.807, 2.05) is 6.08 Å². The lowest BCUT2D eigenvalue weighted by Crippen LogP contribution is -2.62. The van der Waals surface area contributed by atoms with Crippen molar-refractivity contribution in [2.75, 3.05) is 7.11 Å². The van der Waals surface area contributed by atoms with Gasteiger partial charge in [-0.1, -0.05) is 34.6 Å². The van der Waals surface area contributed by atoms with E-state index in [0.29, 0.717) is 29.2 Å². The molecule has 2 N–H and O–H groups in total. The van der Waals surface area contributed by atoms with E-state index < -0.39 is 11.4 Å². The van der Waals surface area contributed by atoms with Crippen molar-refractivity contribution in [2.45, 2.75) is 85.5 Å². The van der Waals surface area contributed by atoms with Crippen molar-refractivity contribution in [3.63, 3.8) is 0 Å². The molecule has 3 fully saturated rings. The van der Waals surface area contributed by atoms with Crippen LogP contribution in [0.1, 0.15) is 105 Å². The Morgan fingerprint density at radius 3 is 2.40 bits per heavy atom. The zero-order chi connectivity index (χ0) is 31.3. The van der Waals surface area contributed by atoms with E-state index in [-0.39, 0.29) is 56.5 Å². The van der Waals surface area contributed by atoms with E-state index in [1.54, 1.807) is 13.0 Å². The van der Waals surface area contributed by atoms with Gasteiger partial charge >= 0.3 is 5.97 Å². The summed E-state index contributed by atoms with van der Waals surface area (Å²) in [7, 11) is 1.38. The molecule has 6 rings (SSSR count). The molecule has 0 aromatic heterocycles. The van der Waals surface area contributed by atoms with Crippen molar-refractivity contribution in [2.24, 2.45) is 28.1 Å². The predicted octanol–water partition coefficient (Wildman–Crippen LogP) is 7.24. The molecule has 7 nitrogen and oxygen atoms in total. The van der Waals surface area contributed by atoms with Crippen molar-refractivity contribution in [3.8, 4) is 23.0 Å². The molecule has 4 aliphatic rings. The van der Waals surface area contributed by atoms with E-state index in [2.05, 4.69) is 34.6 Å². The fourth-order valence-electron chi connectivity index (χ4n) is 9.53. The van der Waals surface area contributed by atoms with Crippen molar-refractivity contribution in [1.29, 1.82) is 0 Å². The van der Waals surface area contributed by atoms with Gasteiger partial charge in [-0.3, -0.25) is 9.59 Å². The van der Waals surface area contributed by atoms with Crippen LogP contribution in [0.2, 0.25) is 0 Å². The van der Waals surface area contributed by atoms with E-state index in [9.17, 15) is 24.6 Å². The minimum Gasteiger partial charge on any atom is -0.504 e. The number of esters is 1. The SMILES string of the molecule is COc1cc(C(=O)Oc2c(O)cc3c(c2C)C(=O)C=C2C3(C)CCC3(C)C4CC(C)C(=O)CC4(C)CCC23C)ccc1O. The minimum atomic E-state index is -0.742. The number of carbonyl (C=O) groups excluding carboxylic acids is 3. The Morgan fingerprint density at radius 2 is 1.70 bits per heavy atom. The molecule has 4 aliphatic carbocycles. The highest BCUT2D eigenvalue weighted by molar-refractivity contribution is 6.10. The third-order valence-corrected chi connectivity index (χ3v) is 12.3. The van der Waals surface area contributed by atoms with Crippen LogP contribution in [0.3, 0.4) is 0 Å². The number of fused-ring (bicyclic) bond motifs is 7. The average molecular weight is 587 g/mol. The number of hydrogen-bond donors (Lipinski definition) is 2. The lowest BCUT2D eigenvalue weighted by Gasteiger charge is -2.69. The Morgan fingerprint density at radius 1 is 0.977 bits per heavy atom. The summed E-state index contributed by atoms with van der Waals surface area (Å²) >= 11 is 0. The molecule has 2 aromatic carbocycles. The summed E-state index contributed by atoms with van der Waals surface area (Å²) in [5.41, 5.74) is 2.10. The van der Waals surface area contributed by atoms with Gasteiger partial charge in [0, 0.05) is 28.9 Å². The predicted molar refractivity (Wildman–Crippen MR) is 162 cm³/mol. The van der Waals surface area contributed by atoms with Crippen molar-refractivity contribution >= 4 is 17.5 Å². The summed E-state index contributed by atoms with van der Waals surface area (Å²) in [5, 5.41) is 21.2. The Labute approximate surface area is 253 Å². The first-order valence-corrected chi connectivity index (χ1v) is 15.4. The van der Waals surface area contributed by atoms with Crippen molar-refractivity contribution in [3.05, 3.63) is 58.2 Å². The summed E-state index contributed by atoms with van der Waals surface area (Å²) < 4.78 is 10.8. The molecule has 43 heavy (non-hydrogen) atoms. The summed E-state index contributed by atoms with van der Waals surface area (Å²) in [6, 6.07) is 5.72. The molecule has 7 heteroatoms. The maximum absolute atomic E-state index is 14.0. The summed E-state index contributed by atoms with van der Waals surface area (Å²) in [5.74, 6) is -0.314. The molecule has 6 atom stereocenters. The van der Waals surface area contributed by atoms with Gasteiger partial charge in [-0.2, -0.15) is 0 Å². The topological polar surface area (TPSA) is 110 Å². The van der Waals surface area contributed by atoms with Gasteiger partial charge in [0.05, 0.1) is 12.7 Å².